The van der Waals surface area contributed by atoms with E-state index in [4.69, 9.17) is 4.74 Å². The van der Waals surface area contributed by atoms with Gasteiger partial charge < -0.3 is 15.4 Å². The fourth-order valence-electron chi connectivity index (χ4n) is 2.42. The van der Waals surface area contributed by atoms with Crippen LogP contribution in [0.15, 0.2) is 35.8 Å². The second-order valence-corrected chi connectivity index (χ2v) is 6.15. The van der Waals surface area contributed by atoms with Gasteiger partial charge in [0.2, 0.25) is 0 Å². The summed E-state index contributed by atoms with van der Waals surface area (Å²) in [4.78, 5) is 18.5. The monoisotopic (exact) mass is 332 g/mol. The summed E-state index contributed by atoms with van der Waals surface area (Å²) >= 11 is 1.58. The molecule has 2 amide bonds. The number of aromatic nitrogens is 1. The number of nitrogens with zero attached hydrogens (tertiary/aromatic N) is 2. The molecule has 0 saturated carbocycles. The molecule has 1 aliphatic rings. The van der Waals surface area contributed by atoms with E-state index in [1.54, 1.807) is 17.5 Å². The number of anilines is 1. The van der Waals surface area contributed by atoms with Crippen LogP contribution in [0.3, 0.4) is 0 Å². The number of carbonyl (C=O) groups excluding carboxylic acids is 1. The summed E-state index contributed by atoms with van der Waals surface area (Å²) in [5.41, 5.74) is 1.77. The summed E-state index contributed by atoms with van der Waals surface area (Å²) in [6.45, 7) is 4.87. The normalized spacial score (nSPS) is 15.3. The minimum Gasteiger partial charge on any atom is -0.379 e. The average Bonchev–Trinajstić information content (AvgIpc) is 3.11. The van der Waals surface area contributed by atoms with Crippen LogP contribution >= 0.6 is 11.3 Å². The Morgan fingerprint density at radius 3 is 3.00 bits per heavy atom. The second-order valence-electron chi connectivity index (χ2n) is 5.25. The Kier molecular flexibility index (Phi) is 5.57. The molecule has 2 aromatic rings. The number of rotatable bonds is 5. The first-order valence-electron chi connectivity index (χ1n) is 7.66. The van der Waals surface area contributed by atoms with E-state index in [-0.39, 0.29) is 6.03 Å². The molecule has 0 aliphatic carbocycles. The predicted molar refractivity (Wildman–Crippen MR) is 91.8 cm³/mol. The van der Waals surface area contributed by atoms with Gasteiger partial charge in [0.05, 0.1) is 13.2 Å². The summed E-state index contributed by atoms with van der Waals surface area (Å²) < 4.78 is 5.30. The van der Waals surface area contributed by atoms with Gasteiger partial charge >= 0.3 is 6.03 Å². The van der Waals surface area contributed by atoms with Crippen molar-refractivity contribution in [1.82, 2.24) is 15.2 Å². The summed E-state index contributed by atoms with van der Waals surface area (Å²) in [5.74, 6) is 0. The largest absolute Gasteiger partial charge is 0.379 e. The molecule has 7 heteroatoms. The number of amides is 2. The van der Waals surface area contributed by atoms with E-state index in [0.717, 1.165) is 49.1 Å². The van der Waals surface area contributed by atoms with Gasteiger partial charge in [0.25, 0.3) is 0 Å². The highest BCUT2D eigenvalue weighted by Gasteiger charge is 2.10. The van der Waals surface area contributed by atoms with Crippen LogP contribution in [0.5, 0.6) is 0 Å². The molecule has 1 aromatic heterocycles. The minimum atomic E-state index is -0.186. The zero-order valence-corrected chi connectivity index (χ0v) is 13.6. The van der Waals surface area contributed by atoms with Gasteiger partial charge in [0, 0.05) is 49.0 Å². The van der Waals surface area contributed by atoms with Crippen molar-refractivity contribution in [3.05, 3.63) is 35.8 Å². The Hall–Kier alpha value is -1.96. The van der Waals surface area contributed by atoms with E-state index in [9.17, 15) is 4.79 Å². The first kappa shape index (κ1) is 15.9. The molecule has 0 atom stereocenters. The standard InChI is InChI=1S/C16H20N4O2S/c21-16(18-4-6-20-7-9-22-10-8-20)19-14-3-1-2-13(12-14)15-17-5-11-23-15/h1-3,5,11-12H,4,6-10H2,(H2,18,19,21). The smallest absolute Gasteiger partial charge is 0.319 e. The molecule has 23 heavy (non-hydrogen) atoms. The molecule has 3 rings (SSSR count). The Balaban J connectivity index is 1.47. The number of thiazole rings is 1. The van der Waals surface area contributed by atoms with Crippen LogP contribution in [-0.4, -0.2) is 55.3 Å². The van der Waals surface area contributed by atoms with Crippen LogP contribution in [-0.2, 0) is 4.74 Å². The third-order valence-electron chi connectivity index (χ3n) is 3.62. The number of benzene rings is 1. The van der Waals surface area contributed by atoms with Crippen LogP contribution in [0.25, 0.3) is 10.6 Å². The topological polar surface area (TPSA) is 66.5 Å². The SMILES string of the molecule is O=C(NCCN1CCOCC1)Nc1cccc(-c2nccs2)c1. The highest BCUT2D eigenvalue weighted by atomic mass is 32.1. The summed E-state index contributed by atoms with van der Waals surface area (Å²) in [6, 6.07) is 7.52. The Labute approximate surface area is 139 Å². The van der Waals surface area contributed by atoms with Crippen molar-refractivity contribution in [1.29, 1.82) is 0 Å². The van der Waals surface area contributed by atoms with Crippen molar-refractivity contribution in [2.45, 2.75) is 0 Å². The first-order valence-corrected chi connectivity index (χ1v) is 8.54. The molecule has 2 N–H and O–H groups in total. The van der Waals surface area contributed by atoms with Crippen molar-refractivity contribution in [2.75, 3.05) is 44.7 Å². The van der Waals surface area contributed by atoms with Gasteiger partial charge in [-0.15, -0.1) is 11.3 Å². The van der Waals surface area contributed by atoms with Crippen molar-refractivity contribution < 1.29 is 9.53 Å². The number of urea groups is 1. The number of morpholine rings is 1. The number of ether oxygens (including phenoxy) is 1. The number of hydrogen-bond donors (Lipinski definition) is 2. The lowest BCUT2D eigenvalue weighted by Gasteiger charge is -2.26. The van der Waals surface area contributed by atoms with E-state index in [0.29, 0.717) is 6.54 Å². The van der Waals surface area contributed by atoms with E-state index >= 15 is 0 Å². The van der Waals surface area contributed by atoms with E-state index in [1.165, 1.54) is 0 Å². The van der Waals surface area contributed by atoms with Crippen molar-refractivity contribution in [2.24, 2.45) is 0 Å². The maximum absolute atomic E-state index is 12.0. The zero-order valence-electron chi connectivity index (χ0n) is 12.8. The van der Waals surface area contributed by atoms with Crippen molar-refractivity contribution in [3.8, 4) is 10.6 Å². The fourth-order valence-corrected chi connectivity index (χ4v) is 3.06. The number of carbonyl (C=O) groups is 1. The molecule has 1 aromatic carbocycles. The summed E-state index contributed by atoms with van der Waals surface area (Å²) in [6.07, 6.45) is 1.78. The van der Waals surface area contributed by atoms with Gasteiger partial charge in [-0.1, -0.05) is 12.1 Å². The minimum absolute atomic E-state index is 0.186. The lowest BCUT2D eigenvalue weighted by atomic mass is 10.2. The summed E-state index contributed by atoms with van der Waals surface area (Å²) in [7, 11) is 0. The molecule has 0 unspecified atom stereocenters. The van der Waals surface area contributed by atoms with Gasteiger partial charge in [0.1, 0.15) is 5.01 Å². The average molecular weight is 332 g/mol. The first-order chi connectivity index (χ1) is 11.3. The molecule has 0 bridgehead atoms. The number of hydrogen-bond acceptors (Lipinski definition) is 5. The lowest BCUT2D eigenvalue weighted by Crippen LogP contribution is -2.42. The maximum Gasteiger partial charge on any atom is 0.319 e. The van der Waals surface area contributed by atoms with Crippen LogP contribution in [0, 0.1) is 0 Å². The fraction of sp³-hybridized carbons (Fsp3) is 0.375. The number of nitrogens with one attached hydrogen (secondary N) is 2. The molecule has 0 spiro atoms. The van der Waals surface area contributed by atoms with Gasteiger partial charge in [-0.25, -0.2) is 9.78 Å². The molecule has 1 saturated heterocycles. The third kappa shape index (κ3) is 4.75. The quantitative estimate of drug-likeness (QED) is 0.881. The van der Waals surface area contributed by atoms with Crippen LogP contribution < -0.4 is 10.6 Å². The molecular formula is C16H20N4O2S. The summed E-state index contributed by atoms with van der Waals surface area (Å²) in [5, 5.41) is 8.64. The van der Waals surface area contributed by atoms with Crippen molar-refractivity contribution >= 4 is 23.1 Å². The van der Waals surface area contributed by atoms with Crippen LogP contribution in [0.1, 0.15) is 0 Å². The van der Waals surface area contributed by atoms with E-state index < -0.39 is 0 Å². The van der Waals surface area contributed by atoms with E-state index in [1.807, 2.05) is 29.6 Å². The van der Waals surface area contributed by atoms with Crippen LogP contribution in [0.2, 0.25) is 0 Å². The Bertz CT molecular complexity index is 627. The second kappa shape index (κ2) is 8.05. The van der Waals surface area contributed by atoms with Gasteiger partial charge in [0.15, 0.2) is 0 Å². The lowest BCUT2D eigenvalue weighted by molar-refractivity contribution is 0.0388. The maximum atomic E-state index is 12.0. The van der Waals surface area contributed by atoms with Gasteiger partial charge in [-0.3, -0.25) is 4.90 Å². The molecular weight excluding hydrogens is 312 g/mol. The predicted octanol–water partition coefficient (Wildman–Crippen LogP) is 2.26. The van der Waals surface area contributed by atoms with Crippen molar-refractivity contribution in [3.63, 3.8) is 0 Å². The third-order valence-corrected chi connectivity index (χ3v) is 4.44. The Morgan fingerprint density at radius 2 is 2.22 bits per heavy atom. The highest BCUT2D eigenvalue weighted by molar-refractivity contribution is 7.13. The highest BCUT2D eigenvalue weighted by Crippen LogP contribution is 2.24. The molecule has 1 aliphatic heterocycles. The van der Waals surface area contributed by atoms with Crippen LogP contribution in [0.4, 0.5) is 10.5 Å². The molecule has 122 valence electrons. The molecule has 2 heterocycles. The van der Waals surface area contributed by atoms with E-state index in [2.05, 4.69) is 20.5 Å². The van der Waals surface area contributed by atoms with Gasteiger partial charge in [-0.2, -0.15) is 0 Å². The zero-order chi connectivity index (χ0) is 15.9. The van der Waals surface area contributed by atoms with Gasteiger partial charge in [-0.05, 0) is 12.1 Å². The Morgan fingerprint density at radius 1 is 1.35 bits per heavy atom. The molecule has 6 nitrogen and oxygen atoms in total. The molecule has 0 radical (unpaired) electrons. The molecule has 1 fully saturated rings.